The minimum atomic E-state index is 0.302. The third-order valence-corrected chi connectivity index (χ3v) is 4.59. The van der Waals surface area contributed by atoms with Crippen LogP contribution in [0.1, 0.15) is 11.6 Å². The van der Waals surface area contributed by atoms with Crippen molar-refractivity contribution in [3.8, 4) is 5.75 Å². The molecule has 1 fully saturated rings. The number of para-hydroxylation sites is 2. The number of benzene rings is 2. The van der Waals surface area contributed by atoms with Gasteiger partial charge in [0.05, 0.1) is 12.8 Å². The summed E-state index contributed by atoms with van der Waals surface area (Å²) < 4.78 is 5.49. The Labute approximate surface area is 138 Å². The molecular weight excluding hydrogens is 286 g/mol. The smallest absolute Gasteiger partial charge is 0.142 e. The molecule has 1 aliphatic heterocycles. The first-order valence-corrected chi connectivity index (χ1v) is 8.20. The van der Waals surface area contributed by atoms with Gasteiger partial charge < -0.3 is 15.4 Å². The summed E-state index contributed by atoms with van der Waals surface area (Å²) in [5, 5.41) is 0. The zero-order valence-corrected chi connectivity index (χ0v) is 13.7. The summed E-state index contributed by atoms with van der Waals surface area (Å²) in [6.45, 7) is 4.65. The number of anilines is 1. The number of methoxy groups -OCH3 is 1. The summed E-state index contributed by atoms with van der Waals surface area (Å²) >= 11 is 0. The summed E-state index contributed by atoms with van der Waals surface area (Å²) in [7, 11) is 1.73. The number of nitrogens with two attached hydrogens (primary N) is 1. The molecule has 122 valence electrons. The molecule has 1 atom stereocenters. The molecule has 2 N–H and O–H groups in total. The summed E-state index contributed by atoms with van der Waals surface area (Å²) in [5.41, 5.74) is 8.54. The molecule has 0 bridgehead atoms. The first-order chi connectivity index (χ1) is 11.3. The van der Waals surface area contributed by atoms with Crippen molar-refractivity contribution in [2.24, 2.45) is 5.73 Å². The molecule has 0 aliphatic carbocycles. The van der Waals surface area contributed by atoms with Crippen LogP contribution in [0.4, 0.5) is 5.69 Å². The Morgan fingerprint density at radius 3 is 2.26 bits per heavy atom. The van der Waals surface area contributed by atoms with Crippen molar-refractivity contribution >= 4 is 5.69 Å². The van der Waals surface area contributed by atoms with E-state index in [0.29, 0.717) is 12.6 Å². The maximum atomic E-state index is 6.05. The molecule has 1 heterocycles. The van der Waals surface area contributed by atoms with Crippen molar-refractivity contribution in [2.45, 2.75) is 6.04 Å². The Kier molecular flexibility index (Phi) is 5.16. The Morgan fingerprint density at radius 1 is 0.957 bits per heavy atom. The van der Waals surface area contributed by atoms with E-state index in [1.807, 2.05) is 12.1 Å². The molecule has 0 amide bonds. The van der Waals surface area contributed by atoms with Crippen LogP contribution in [-0.4, -0.2) is 44.7 Å². The van der Waals surface area contributed by atoms with Gasteiger partial charge in [-0.25, -0.2) is 0 Å². The highest BCUT2D eigenvalue weighted by molar-refractivity contribution is 5.58. The van der Waals surface area contributed by atoms with Gasteiger partial charge in [0.15, 0.2) is 0 Å². The third kappa shape index (κ3) is 3.49. The highest BCUT2D eigenvalue weighted by atomic mass is 16.5. The molecule has 2 aromatic rings. The average molecular weight is 311 g/mol. The number of nitrogens with zero attached hydrogens (tertiary/aromatic N) is 2. The SMILES string of the molecule is COc1ccccc1N1CCN([C@@H](CN)c2ccccc2)CC1. The van der Waals surface area contributed by atoms with Gasteiger partial charge in [0.1, 0.15) is 5.75 Å². The second-order valence-corrected chi connectivity index (χ2v) is 5.86. The van der Waals surface area contributed by atoms with Crippen LogP contribution in [0.5, 0.6) is 5.75 Å². The van der Waals surface area contributed by atoms with Gasteiger partial charge in [-0.15, -0.1) is 0 Å². The highest BCUT2D eigenvalue weighted by Crippen LogP contribution is 2.29. The predicted octanol–water partition coefficient (Wildman–Crippen LogP) is 2.52. The van der Waals surface area contributed by atoms with E-state index in [2.05, 4.69) is 52.3 Å². The van der Waals surface area contributed by atoms with Crippen molar-refractivity contribution in [1.29, 1.82) is 0 Å². The van der Waals surface area contributed by atoms with Gasteiger partial charge >= 0.3 is 0 Å². The van der Waals surface area contributed by atoms with Crippen LogP contribution in [0, 0.1) is 0 Å². The first kappa shape index (κ1) is 15.8. The van der Waals surface area contributed by atoms with Crippen LogP contribution in [0.2, 0.25) is 0 Å². The van der Waals surface area contributed by atoms with Gasteiger partial charge in [-0.2, -0.15) is 0 Å². The standard InChI is InChI=1S/C19H25N3O/c1-23-19-10-6-5-9-17(19)21-11-13-22(14-12-21)18(15-20)16-7-3-2-4-8-16/h2-10,18H,11-15,20H2,1H3/t18-/m0/s1. The molecule has 0 saturated carbocycles. The highest BCUT2D eigenvalue weighted by Gasteiger charge is 2.25. The monoisotopic (exact) mass is 311 g/mol. The summed E-state index contributed by atoms with van der Waals surface area (Å²) in [6, 6.07) is 19.1. The van der Waals surface area contributed by atoms with Gasteiger partial charge in [0.2, 0.25) is 0 Å². The number of piperazine rings is 1. The Balaban J connectivity index is 1.68. The van der Waals surface area contributed by atoms with Crippen molar-refractivity contribution in [3.05, 3.63) is 60.2 Å². The lowest BCUT2D eigenvalue weighted by atomic mass is 10.0. The largest absolute Gasteiger partial charge is 0.495 e. The molecule has 0 aromatic heterocycles. The molecule has 0 spiro atoms. The second kappa shape index (κ2) is 7.49. The van der Waals surface area contributed by atoms with Gasteiger partial charge in [0.25, 0.3) is 0 Å². The van der Waals surface area contributed by atoms with Crippen molar-refractivity contribution in [1.82, 2.24) is 4.90 Å². The Morgan fingerprint density at radius 2 is 1.61 bits per heavy atom. The lowest BCUT2D eigenvalue weighted by Gasteiger charge is -2.40. The van der Waals surface area contributed by atoms with Gasteiger partial charge in [-0.3, -0.25) is 4.90 Å². The molecule has 2 aromatic carbocycles. The van der Waals surface area contributed by atoms with E-state index in [1.54, 1.807) is 7.11 Å². The molecule has 4 heteroatoms. The Bertz CT molecular complexity index is 609. The fraction of sp³-hybridized carbons (Fsp3) is 0.368. The molecule has 1 aliphatic rings. The minimum Gasteiger partial charge on any atom is -0.495 e. The number of rotatable bonds is 5. The molecule has 1 saturated heterocycles. The fourth-order valence-corrected chi connectivity index (χ4v) is 3.34. The minimum absolute atomic E-state index is 0.302. The second-order valence-electron chi connectivity index (χ2n) is 5.86. The molecular formula is C19H25N3O. The number of ether oxygens (including phenoxy) is 1. The maximum Gasteiger partial charge on any atom is 0.142 e. The molecule has 23 heavy (non-hydrogen) atoms. The quantitative estimate of drug-likeness (QED) is 0.921. The summed E-state index contributed by atoms with van der Waals surface area (Å²) in [6.07, 6.45) is 0. The first-order valence-electron chi connectivity index (χ1n) is 8.20. The molecule has 0 radical (unpaired) electrons. The lowest BCUT2D eigenvalue weighted by Crippen LogP contribution is -2.49. The van der Waals surface area contributed by atoms with E-state index in [4.69, 9.17) is 10.5 Å². The number of hydrogen-bond acceptors (Lipinski definition) is 4. The Hall–Kier alpha value is -2.04. The zero-order chi connectivity index (χ0) is 16.1. The van der Waals surface area contributed by atoms with E-state index in [0.717, 1.165) is 31.9 Å². The van der Waals surface area contributed by atoms with E-state index in [-0.39, 0.29) is 0 Å². The normalized spacial score (nSPS) is 17.0. The van der Waals surface area contributed by atoms with Gasteiger partial charge in [0, 0.05) is 38.8 Å². The fourth-order valence-electron chi connectivity index (χ4n) is 3.34. The molecule has 3 rings (SSSR count). The average Bonchev–Trinajstić information content (AvgIpc) is 2.64. The van der Waals surface area contributed by atoms with Crippen molar-refractivity contribution in [3.63, 3.8) is 0 Å². The van der Waals surface area contributed by atoms with Crippen LogP contribution in [0.25, 0.3) is 0 Å². The van der Waals surface area contributed by atoms with Gasteiger partial charge in [-0.1, -0.05) is 42.5 Å². The molecule has 4 nitrogen and oxygen atoms in total. The summed E-state index contributed by atoms with van der Waals surface area (Å²) in [5.74, 6) is 0.944. The zero-order valence-electron chi connectivity index (χ0n) is 13.7. The number of hydrogen-bond donors (Lipinski definition) is 1. The van der Waals surface area contributed by atoms with Gasteiger partial charge in [-0.05, 0) is 17.7 Å². The van der Waals surface area contributed by atoms with E-state index in [9.17, 15) is 0 Å². The van der Waals surface area contributed by atoms with Crippen LogP contribution in [0.3, 0.4) is 0 Å². The van der Waals surface area contributed by atoms with Crippen molar-refractivity contribution < 1.29 is 4.74 Å². The third-order valence-electron chi connectivity index (χ3n) is 4.59. The van der Waals surface area contributed by atoms with Crippen LogP contribution in [-0.2, 0) is 0 Å². The van der Waals surface area contributed by atoms with Crippen LogP contribution < -0.4 is 15.4 Å². The van der Waals surface area contributed by atoms with E-state index < -0.39 is 0 Å². The summed E-state index contributed by atoms with van der Waals surface area (Å²) in [4.78, 5) is 4.88. The topological polar surface area (TPSA) is 41.7 Å². The predicted molar refractivity (Wildman–Crippen MR) is 95.0 cm³/mol. The molecule has 0 unspecified atom stereocenters. The lowest BCUT2D eigenvalue weighted by molar-refractivity contribution is 0.190. The van der Waals surface area contributed by atoms with E-state index in [1.165, 1.54) is 11.3 Å². The van der Waals surface area contributed by atoms with Crippen molar-refractivity contribution in [2.75, 3.05) is 44.7 Å². The van der Waals surface area contributed by atoms with E-state index >= 15 is 0 Å². The van der Waals surface area contributed by atoms with Crippen LogP contribution in [0.15, 0.2) is 54.6 Å². The maximum absolute atomic E-state index is 6.05. The van der Waals surface area contributed by atoms with Crippen LogP contribution >= 0.6 is 0 Å².